The third-order valence-electron chi connectivity index (χ3n) is 4.64. The van der Waals surface area contributed by atoms with Crippen molar-refractivity contribution in [3.63, 3.8) is 0 Å². The summed E-state index contributed by atoms with van der Waals surface area (Å²) in [6.45, 7) is 4.37. The molecule has 0 bridgehead atoms. The summed E-state index contributed by atoms with van der Waals surface area (Å²) in [4.78, 5) is 27.0. The highest BCUT2D eigenvalue weighted by Crippen LogP contribution is 2.20. The first-order chi connectivity index (χ1) is 14.9. The number of carbonyl (C=O) groups is 2. The average Bonchev–Trinajstić information content (AvgIpc) is 2.69. The molecule has 0 fully saturated rings. The minimum absolute atomic E-state index is 0.0122. The average molecular weight is 468 g/mol. The van der Waals surface area contributed by atoms with Gasteiger partial charge in [0.2, 0.25) is 21.8 Å². The van der Waals surface area contributed by atoms with Gasteiger partial charge >= 0.3 is 0 Å². The quantitative estimate of drug-likeness (QED) is 0.614. The van der Waals surface area contributed by atoms with Crippen molar-refractivity contribution >= 4 is 27.5 Å². The van der Waals surface area contributed by atoms with E-state index in [-0.39, 0.29) is 18.3 Å². The standard InChI is InChI=1S/C22H27F2N3O4S/c1-15(2)25-22(29)16(3)26(13-17-8-10-18(23)11-9-17)21(28)14-27(32(4,30)31)20-7-5-6-19(24)12-20/h5-12,15-16H,13-14H2,1-4H3,(H,25,29)/t16-/m0/s1. The van der Waals surface area contributed by atoms with Crippen molar-refractivity contribution < 1.29 is 26.8 Å². The number of amides is 2. The molecule has 0 radical (unpaired) electrons. The van der Waals surface area contributed by atoms with E-state index in [4.69, 9.17) is 0 Å². The number of benzene rings is 2. The number of nitrogens with one attached hydrogen (secondary N) is 1. The molecule has 2 aromatic carbocycles. The van der Waals surface area contributed by atoms with Crippen molar-refractivity contribution in [2.24, 2.45) is 0 Å². The van der Waals surface area contributed by atoms with Gasteiger partial charge < -0.3 is 10.2 Å². The van der Waals surface area contributed by atoms with E-state index in [1.54, 1.807) is 13.8 Å². The fourth-order valence-corrected chi connectivity index (χ4v) is 3.86. The number of hydrogen-bond acceptors (Lipinski definition) is 4. The lowest BCUT2D eigenvalue weighted by molar-refractivity contribution is -0.139. The molecule has 1 N–H and O–H groups in total. The molecule has 0 aromatic heterocycles. The van der Waals surface area contributed by atoms with Gasteiger partial charge in [-0.25, -0.2) is 17.2 Å². The molecule has 10 heteroatoms. The monoisotopic (exact) mass is 467 g/mol. The van der Waals surface area contributed by atoms with Crippen LogP contribution < -0.4 is 9.62 Å². The van der Waals surface area contributed by atoms with E-state index in [0.29, 0.717) is 5.56 Å². The summed E-state index contributed by atoms with van der Waals surface area (Å²) in [6, 6.07) is 9.17. The fourth-order valence-electron chi connectivity index (χ4n) is 3.02. The van der Waals surface area contributed by atoms with Crippen LogP contribution in [0.5, 0.6) is 0 Å². The summed E-state index contributed by atoms with van der Waals surface area (Å²) in [7, 11) is -3.94. The molecule has 0 heterocycles. The fraction of sp³-hybridized carbons (Fsp3) is 0.364. The number of carbonyl (C=O) groups excluding carboxylic acids is 2. The van der Waals surface area contributed by atoms with Crippen LogP contribution in [0.4, 0.5) is 14.5 Å². The van der Waals surface area contributed by atoms with Crippen molar-refractivity contribution in [1.29, 1.82) is 0 Å². The number of hydrogen-bond donors (Lipinski definition) is 1. The lowest BCUT2D eigenvalue weighted by Gasteiger charge is -2.31. The predicted molar refractivity (Wildman–Crippen MR) is 118 cm³/mol. The second kappa shape index (κ2) is 10.5. The summed E-state index contributed by atoms with van der Waals surface area (Å²) in [5.41, 5.74) is 0.544. The molecular weight excluding hydrogens is 440 g/mol. The van der Waals surface area contributed by atoms with Crippen LogP contribution in [0.25, 0.3) is 0 Å². The molecular formula is C22H27F2N3O4S. The van der Waals surface area contributed by atoms with Crippen molar-refractivity contribution in [2.45, 2.75) is 39.4 Å². The lowest BCUT2D eigenvalue weighted by Crippen LogP contribution is -2.52. The zero-order valence-corrected chi connectivity index (χ0v) is 19.2. The van der Waals surface area contributed by atoms with Crippen molar-refractivity contribution in [2.75, 3.05) is 17.1 Å². The molecule has 0 saturated carbocycles. The Labute approximate surface area is 187 Å². The number of rotatable bonds is 9. The van der Waals surface area contributed by atoms with Crippen LogP contribution in [0.2, 0.25) is 0 Å². The Hall–Kier alpha value is -3.01. The second-order valence-corrected chi connectivity index (χ2v) is 9.64. The van der Waals surface area contributed by atoms with E-state index in [1.807, 2.05) is 0 Å². The zero-order chi connectivity index (χ0) is 24.1. The van der Waals surface area contributed by atoms with E-state index in [1.165, 1.54) is 48.2 Å². The Morgan fingerprint density at radius 3 is 2.16 bits per heavy atom. The second-order valence-electron chi connectivity index (χ2n) is 7.74. The van der Waals surface area contributed by atoms with E-state index in [9.17, 15) is 26.8 Å². The van der Waals surface area contributed by atoms with Crippen LogP contribution in [0.15, 0.2) is 48.5 Å². The SMILES string of the molecule is CC(C)NC(=O)[C@H](C)N(Cc1ccc(F)cc1)C(=O)CN(c1cccc(F)c1)S(C)(=O)=O. The summed E-state index contributed by atoms with van der Waals surface area (Å²) >= 11 is 0. The van der Waals surface area contributed by atoms with Gasteiger partial charge in [0.1, 0.15) is 24.2 Å². The minimum Gasteiger partial charge on any atom is -0.352 e. The first kappa shape index (κ1) is 25.3. The largest absolute Gasteiger partial charge is 0.352 e. The maximum atomic E-state index is 13.7. The normalized spacial score (nSPS) is 12.3. The Morgan fingerprint density at radius 1 is 1.00 bits per heavy atom. The van der Waals surface area contributed by atoms with E-state index >= 15 is 0 Å². The number of sulfonamides is 1. The molecule has 2 rings (SSSR count). The van der Waals surface area contributed by atoms with Gasteiger partial charge in [-0.05, 0) is 56.7 Å². The molecule has 0 aliphatic heterocycles. The molecule has 2 amide bonds. The lowest BCUT2D eigenvalue weighted by atomic mass is 10.1. The van der Waals surface area contributed by atoms with E-state index in [2.05, 4.69) is 5.32 Å². The third-order valence-corrected chi connectivity index (χ3v) is 5.78. The summed E-state index contributed by atoms with van der Waals surface area (Å²) in [6.07, 6.45) is 0.907. The van der Waals surface area contributed by atoms with Gasteiger partial charge in [0, 0.05) is 12.6 Å². The van der Waals surface area contributed by atoms with Crippen LogP contribution in [0.1, 0.15) is 26.3 Å². The molecule has 1 atom stereocenters. The highest BCUT2D eigenvalue weighted by Gasteiger charge is 2.30. The molecule has 0 aliphatic rings. The molecule has 7 nitrogen and oxygen atoms in total. The molecule has 0 unspecified atom stereocenters. The van der Waals surface area contributed by atoms with E-state index < -0.39 is 46.1 Å². The van der Waals surface area contributed by atoms with Crippen molar-refractivity contribution in [3.05, 3.63) is 65.7 Å². The smallest absolute Gasteiger partial charge is 0.244 e. The van der Waals surface area contributed by atoms with Gasteiger partial charge in [-0.2, -0.15) is 0 Å². The van der Waals surface area contributed by atoms with Gasteiger partial charge in [0.25, 0.3) is 0 Å². The van der Waals surface area contributed by atoms with Crippen molar-refractivity contribution in [3.8, 4) is 0 Å². The molecule has 0 saturated heterocycles. The Morgan fingerprint density at radius 2 is 1.62 bits per heavy atom. The van der Waals surface area contributed by atoms with E-state index in [0.717, 1.165) is 22.7 Å². The Balaban J connectivity index is 2.38. The van der Waals surface area contributed by atoms with Gasteiger partial charge in [0.05, 0.1) is 11.9 Å². The van der Waals surface area contributed by atoms with Crippen LogP contribution >= 0.6 is 0 Å². The Kier molecular flexibility index (Phi) is 8.31. The first-order valence-corrected chi connectivity index (χ1v) is 11.8. The van der Waals surface area contributed by atoms with Gasteiger partial charge in [-0.15, -0.1) is 0 Å². The highest BCUT2D eigenvalue weighted by atomic mass is 32.2. The Bertz CT molecular complexity index is 1060. The van der Waals surface area contributed by atoms with Gasteiger partial charge in [0.15, 0.2) is 0 Å². The summed E-state index contributed by atoms with van der Waals surface area (Å²) in [5.74, 6) is -2.20. The molecule has 0 spiro atoms. The predicted octanol–water partition coefficient (Wildman–Crippen LogP) is 2.67. The first-order valence-electron chi connectivity index (χ1n) is 9.96. The van der Waals surface area contributed by atoms with Crippen LogP contribution in [-0.4, -0.2) is 50.0 Å². The highest BCUT2D eigenvalue weighted by molar-refractivity contribution is 7.92. The van der Waals surface area contributed by atoms with Gasteiger partial charge in [-0.1, -0.05) is 18.2 Å². The summed E-state index contributed by atoms with van der Waals surface area (Å²) in [5, 5.41) is 2.72. The molecule has 32 heavy (non-hydrogen) atoms. The minimum atomic E-state index is -3.94. The molecule has 0 aliphatic carbocycles. The van der Waals surface area contributed by atoms with Crippen LogP contribution in [-0.2, 0) is 26.2 Å². The van der Waals surface area contributed by atoms with Gasteiger partial charge in [-0.3, -0.25) is 13.9 Å². The maximum absolute atomic E-state index is 13.7. The van der Waals surface area contributed by atoms with Crippen molar-refractivity contribution in [1.82, 2.24) is 10.2 Å². The zero-order valence-electron chi connectivity index (χ0n) is 18.4. The number of nitrogens with zero attached hydrogens (tertiary/aromatic N) is 2. The third kappa shape index (κ3) is 7.01. The van der Waals surface area contributed by atoms with Crippen LogP contribution in [0.3, 0.4) is 0 Å². The topological polar surface area (TPSA) is 86.8 Å². The molecule has 2 aromatic rings. The van der Waals surface area contributed by atoms with Crippen LogP contribution in [0, 0.1) is 11.6 Å². The maximum Gasteiger partial charge on any atom is 0.244 e. The number of halogens is 2. The molecule has 174 valence electrons. The number of anilines is 1. The summed E-state index contributed by atoms with van der Waals surface area (Å²) < 4.78 is 52.5.